The molecule has 0 aliphatic rings. The third kappa shape index (κ3) is 1.78. The average Bonchev–Trinajstić information content (AvgIpc) is 2.62. The highest BCUT2D eigenvalue weighted by Gasteiger charge is 2.14. The van der Waals surface area contributed by atoms with E-state index in [1.807, 2.05) is 0 Å². The van der Waals surface area contributed by atoms with Gasteiger partial charge in [-0.1, -0.05) is 0 Å². The number of aryl methyl sites for hydroxylation is 1. The molecule has 0 N–H and O–H groups in total. The number of halogens is 1. The molecule has 0 radical (unpaired) electrons. The van der Waals surface area contributed by atoms with Gasteiger partial charge in [-0.05, 0) is 37.6 Å². The SMILES string of the molecule is CCOC(=O)c1cc2cc(F)cc(C)c2o1. The molecule has 0 aliphatic heterocycles. The Labute approximate surface area is 91.8 Å². The van der Waals surface area contributed by atoms with E-state index in [2.05, 4.69) is 0 Å². The highest BCUT2D eigenvalue weighted by molar-refractivity contribution is 5.93. The van der Waals surface area contributed by atoms with Gasteiger partial charge in [-0.25, -0.2) is 9.18 Å². The van der Waals surface area contributed by atoms with Crippen LogP contribution in [0.4, 0.5) is 4.39 Å². The summed E-state index contributed by atoms with van der Waals surface area (Å²) in [7, 11) is 0. The molecule has 0 aliphatic carbocycles. The first kappa shape index (κ1) is 10.7. The minimum absolute atomic E-state index is 0.102. The van der Waals surface area contributed by atoms with Crippen molar-refractivity contribution in [3.63, 3.8) is 0 Å². The fourth-order valence-corrected chi connectivity index (χ4v) is 1.59. The maximum Gasteiger partial charge on any atom is 0.374 e. The molecular weight excluding hydrogens is 211 g/mol. The summed E-state index contributed by atoms with van der Waals surface area (Å²) in [4.78, 5) is 11.4. The van der Waals surface area contributed by atoms with Gasteiger partial charge in [0.15, 0.2) is 0 Å². The van der Waals surface area contributed by atoms with E-state index in [1.165, 1.54) is 18.2 Å². The summed E-state index contributed by atoms with van der Waals surface area (Å²) in [6.07, 6.45) is 0. The summed E-state index contributed by atoms with van der Waals surface area (Å²) in [5.74, 6) is -0.773. The van der Waals surface area contributed by atoms with Gasteiger partial charge in [-0.3, -0.25) is 0 Å². The van der Waals surface area contributed by atoms with Crippen LogP contribution >= 0.6 is 0 Å². The quantitative estimate of drug-likeness (QED) is 0.733. The van der Waals surface area contributed by atoms with Gasteiger partial charge in [-0.2, -0.15) is 0 Å². The standard InChI is InChI=1S/C12H11FO3/c1-3-15-12(14)10-6-8-5-9(13)4-7(2)11(8)16-10/h4-6H,3H2,1-2H3. The molecule has 1 aromatic heterocycles. The van der Waals surface area contributed by atoms with Crippen LogP contribution in [0.25, 0.3) is 11.0 Å². The van der Waals surface area contributed by atoms with Crippen LogP contribution in [0, 0.1) is 12.7 Å². The number of ether oxygens (including phenoxy) is 1. The Morgan fingerprint density at radius 1 is 1.44 bits per heavy atom. The minimum Gasteiger partial charge on any atom is -0.460 e. The second kappa shape index (κ2) is 3.96. The van der Waals surface area contributed by atoms with E-state index in [0.717, 1.165) is 0 Å². The normalized spacial score (nSPS) is 10.7. The Balaban J connectivity index is 2.51. The Kier molecular flexibility index (Phi) is 2.64. The van der Waals surface area contributed by atoms with Crippen molar-refractivity contribution in [2.24, 2.45) is 0 Å². The van der Waals surface area contributed by atoms with Crippen molar-refractivity contribution < 1.29 is 18.3 Å². The predicted octanol–water partition coefficient (Wildman–Crippen LogP) is 3.06. The molecule has 2 aromatic rings. The van der Waals surface area contributed by atoms with E-state index in [9.17, 15) is 9.18 Å². The van der Waals surface area contributed by atoms with Crippen LogP contribution in [-0.2, 0) is 4.74 Å². The molecular formula is C12H11FO3. The summed E-state index contributed by atoms with van der Waals surface area (Å²) in [6, 6.07) is 4.18. The van der Waals surface area contributed by atoms with Crippen molar-refractivity contribution in [2.45, 2.75) is 13.8 Å². The number of carbonyl (C=O) groups is 1. The van der Waals surface area contributed by atoms with Gasteiger partial charge in [0.1, 0.15) is 11.4 Å². The predicted molar refractivity (Wildman–Crippen MR) is 56.9 cm³/mol. The highest BCUT2D eigenvalue weighted by atomic mass is 19.1. The van der Waals surface area contributed by atoms with E-state index in [-0.39, 0.29) is 18.2 Å². The number of fused-ring (bicyclic) bond motifs is 1. The third-order valence-corrected chi connectivity index (χ3v) is 2.24. The Hall–Kier alpha value is -1.84. The molecule has 0 atom stereocenters. The van der Waals surface area contributed by atoms with Crippen LogP contribution in [-0.4, -0.2) is 12.6 Å². The van der Waals surface area contributed by atoms with Crippen LogP contribution < -0.4 is 0 Å². The molecule has 4 heteroatoms. The number of rotatable bonds is 2. The summed E-state index contributed by atoms with van der Waals surface area (Å²) >= 11 is 0. The molecule has 0 saturated carbocycles. The average molecular weight is 222 g/mol. The largest absolute Gasteiger partial charge is 0.460 e. The van der Waals surface area contributed by atoms with Gasteiger partial charge in [-0.15, -0.1) is 0 Å². The van der Waals surface area contributed by atoms with Crippen LogP contribution in [0.5, 0.6) is 0 Å². The van der Waals surface area contributed by atoms with Gasteiger partial charge >= 0.3 is 5.97 Å². The minimum atomic E-state index is -0.529. The molecule has 0 amide bonds. The number of hydrogen-bond acceptors (Lipinski definition) is 3. The number of benzene rings is 1. The van der Waals surface area contributed by atoms with Crippen molar-refractivity contribution in [1.82, 2.24) is 0 Å². The van der Waals surface area contributed by atoms with Crippen LogP contribution in [0.15, 0.2) is 22.6 Å². The molecule has 0 fully saturated rings. The van der Waals surface area contributed by atoms with E-state index >= 15 is 0 Å². The first-order valence-corrected chi connectivity index (χ1v) is 4.98. The fourth-order valence-electron chi connectivity index (χ4n) is 1.59. The van der Waals surface area contributed by atoms with E-state index in [1.54, 1.807) is 13.8 Å². The maximum atomic E-state index is 13.1. The summed E-state index contributed by atoms with van der Waals surface area (Å²) in [5, 5.41) is 0.570. The molecule has 0 bridgehead atoms. The van der Waals surface area contributed by atoms with E-state index in [4.69, 9.17) is 9.15 Å². The van der Waals surface area contributed by atoms with Crippen LogP contribution in [0.2, 0.25) is 0 Å². The lowest BCUT2D eigenvalue weighted by atomic mass is 10.2. The zero-order valence-corrected chi connectivity index (χ0v) is 9.04. The molecule has 0 saturated heterocycles. The van der Waals surface area contributed by atoms with Crippen LogP contribution in [0.1, 0.15) is 23.0 Å². The zero-order chi connectivity index (χ0) is 11.7. The Morgan fingerprint density at radius 2 is 2.19 bits per heavy atom. The number of esters is 1. The monoisotopic (exact) mass is 222 g/mol. The second-order valence-electron chi connectivity index (χ2n) is 3.47. The Bertz CT molecular complexity index is 542. The summed E-state index contributed by atoms with van der Waals surface area (Å²) in [5.41, 5.74) is 1.18. The molecule has 0 spiro atoms. The van der Waals surface area contributed by atoms with Gasteiger partial charge in [0, 0.05) is 5.39 Å². The molecule has 16 heavy (non-hydrogen) atoms. The molecule has 1 heterocycles. The lowest BCUT2D eigenvalue weighted by molar-refractivity contribution is 0.0492. The second-order valence-corrected chi connectivity index (χ2v) is 3.47. The Morgan fingerprint density at radius 3 is 2.88 bits per heavy atom. The first-order valence-electron chi connectivity index (χ1n) is 4.98. The first-order chi connectivity index (χ1) is 7.61. The number of furan rings is 1. The van der Waals surface area contributed by atoms with E-state index in [0.29, 0.717) is 16.5 Å². The molecule has 3 nitrogen and oxygen atoms in total. The molecule has 2 rings (SSSR count). The summed E-state index contributed by atoms with van der Waals surface area (Å²) in [6.45, 7) is 3.72. The molecule has 1 aromatic carbocycles. The number of carbonyl (C=O) groups excluding carboxylic acids is 1. The van der Waals surface area contributed by atoms with Gasteiger partial charge in [0.25, 0.3) is 0 Å². The van der Waals surface area contributed by atoms with Crippen LogP contribution in [0.3, 0.4) is 0 Å². The molecule has 0 unspecified atom stereocenters. The fraction of sp³-hybridized carbons (Fsp3) is 0.250. The van der Waals surface area contributed by atoms with Gasteiger partial charge in [0.2, 0.25) is 5.76 Å². The van der Waals surface area contributed by atoms with Crippen molar-refractivity contribution >= 4 is 16.9 Å². The smallest absolute Gasteiger partial charge is 0.374 e. The lowest BCUT2D eigenvalue weighted by Gasteiger charge is -1.96. The van der Waals surface area contributed by atoms with Crippen molar-refractivity contribution in [3.8, 4) is 0 Å². The lowest BCUT2D eigenvalue weighted by Crippen LogP contribution is -2.02. The van der Waals surface area contributed by atoms with Gasteiger partial charge < -0.3 is 9.15 Å². The zero-order valence-electron chi connectivity index (χ0n) is 9.04. The van der Waals surface area contributed by atoms with Crippen molar-refractivity contribution in [2.75, 3.05) is 6.61 Å². The molecule has 84 valence electrons. The topological polar surface area (TPSA) is 39.4 Å². The maximum absolute atomic E-state index is 13.1. The highest BCUT2D eigenvalue weighted by Crippen LogP contribution is 2.24. The van der Waals surface area contributed by atoms with Crippen molar-refractivity contribution in [3.05, 3.63) is 35.3 Å². The summed E-state index contributed by atoms with van der Waals surface area (Å²) < 4.78 is 23.2. The van der Waals surface area contributed by atoms with Crippen molar-refractivity contribution in [1.29, 1.82) is 0 Å². The van der Waals surface area contributed by atoms with E-state index < -0.39 is 5.97 Å². The van der Waals surface area contributed by atoms with Gasteiger partial charge in [0.05, 0.1) is 6.61 Å². The third-order valence-electron chi connectivity index (χ3n) is 2.24. The number of hydrogen-bond donors (Lipinski definition) is 0.